The highest BCUT2D eigenvalue weighted by molar-refractivity contribution is 5.87. The van der Waals surface area contributed by atoms with Crippen LogP contribution in [0.1, 0.15) is 64.4 Å². The normalized spacial score (nSPS) is 21.0. The summed E-state index contributed by atoms with van der Waals surface area (Å²) in [6, 6.07) is 6.20. The van der Waals surface area contributed by atoms with Crippen LogP contribution in [0.3, 0.4) is 0 Å². The minimum absolute atomic E-state index is 0.0295. The predicted molar refractivity (Wildman–Crippen MR) is 114 cm³/mol. The van der Waals surface area contributed by atoms with Gasteiger partial charge in [0.05, 0.1) is 0 Å². The van der Waals surface area contributed by atoms with Crippen molar-refractivity contribution in [2.45, 2.75) is 70.4 Å². The van der Waals surface area contributed by atoms with E-state index in [0.717, 1.165) is 64.6 Å². The summed E-state index contributed by atoms with van der Waals surface area (Å²) in [6.07, 6.45) is 8.47. The van der Waals surface area contributed by atoms with Crippen LogP contribution in [0.2, 0.25) is 0 Å². The number of halogens is 1. The third kappa shape index (κ3) is 5.26. The number of carbonyl (C=O) groups is 1. The fourth-order valence-corrected chi connectivity index (χ4v) is 4.77. The SMILES string of the molecule is CC(C)=CCCN1CCC(NC(=O)C(O)(c2ccccc2F)C2CCCC2)CC1. The van der Waals surface area contributed by atoms with Crippen molar-refractivity contribution in [3.63, 3.8) is 0 Å². The van der Waals surface area contributed by atoms with Crippen LogP contribution in [0.5, 0.6) is 0 Å². The van der Waals surface area contributed by atoms with Crippen molar-refractivity contribution in [3.8, 4) is 0 Å². The standard InChI is InChI=1S/C24H35FN2O2/c1-18(2)8-7-15-27-16-13-20(14-17-27)26-23(28)24(29,19-9-3-4-10-19)21-11-5-6-12-22(21)25/h5-6,8,11-12,19-20,29H,3-4,7,9-10,13-17H2,1-2H3,(H,26,28). The van der Waals surface area contributed by atoms with E-state index in [0.29, 0.717) is 0 Å². The van der Waals surface area contributed by atoms with E-state index in [1.807, 2.05) is 0 Å². The van der Waals surface area contributed by atoms with E-state index in [4.69, 9.17) is 0 Å². The van der Waals surface area contributed by atoms with E-state index in [9.17, 15) is 14.3 Å². The lowest BCUT2D eigenvalue weighted by atomic mass is 9.78. The van der Waals surface area contributed by atoms with Crippen molar-refractivity contribution in [1.29, 1.82) is 0 Å². The number of allylic oxidation sites excluding steroid dienone is 1. The maximum atomic E-state index is 14.6. The first kappa shape index (κ1) is 22.0. The van der Waals surface area contributed by atoms with Gasteiger partial charge in [0, 0.05) is 37.2 Å². The molecule has 4 nitrogen and oxygen atoms in total. The summed E-state index contributed by atoms with van der Waals surface area (Å²) in [5.41, 5.74) is -0.336. The van der Waals surface area contributed by atoms with Crippen molar-refractivity contribution in [1.82, 2.24) is 10.2 Å². The van der Waals surface area contributed by atoms with Gasteiger partial charge in [-0.25, -0.2) is 4.39 Å². The Morgan fingerprint density at radius 3 is 2.48 bits per heavy atom. The Labute approximate surface area is 174 Å². The van der Waals surface area contributed by atoms with Crippen LogP contribution in [0.15, 0.2) is 35.9 Å². The van der Waals surface area contributed by atoms with Gasteiger partial charge in [-0.15, -0.1) is 0 Å². The fourth-order valence-electron chi connectivity index (χ4n) is 4.77. The molecule has 1 amide bonds. The van der Waals surface area contributed by atoms with Crippen molar-refractivity contribution >= 4 is 5.91 Å². The summed E-state index contributed by atoms with van der Waals surface area (Å²) in [5, 5.41) is 14.6. The van der Waals surface area contributed by atoms with Crippen molar-refractivity contribution < 1.29 is 14.3 Å². The van der Waals surface area contributed by atoms with E-state index < -0.39 is 17.3 Å². The summed E-state index contributed by atoms with van der Waals surface area (Å²) >= 11 is 0. The molecule has 0 spiro atoms. The van der Waals surface area contributed by atoms with Gasteiger partial charge in [-0.3, -0.25) is 4.79 Å². The van der Waals surface area contributed by atoms with Gasteiger partial charge in [-0.05, 0) is 52.0 Å². The summed E-state index contributed by atoms with van der Waals surface area (Å²) in [5.74, 6) is -1.17. The number of hydrogen-bond acceptors (Lipinski definition) is 3. The Morgan fingerprint density at radius 1 is 1.21 bits per heavy atom. The lowest BCUT2D eigenvalue weighted by molar-refractivity contribution is -0.149. The first-order chi connectivity index (χ1) is 13.9. The summed E-state index contributed by atoms with van der Waals surface area (Å²) in [6.45, 7) is 7.13. The Balaban J connectivity index is 1.64. The van der Waals surface area contributed by atoms with Gasteiger partial charge in [0.15, 0.2) is 5.60 Å². The number of hydrogen-bond donors (Lipinski definition) is 2. The molecule has 2 N–H and O–H groups in total. The smallest absolute Gasteiger partial charge is 0.257 e. The average molecular weight is 403 g/mol. The number of benzene rings is 1. The van der Waals surface area contributed by atoms with Crippen LogP contribution < -0.4 is 5.32 Å². The highest BCUT2D eigenvalue weighted by Gasteiger charge is 2.48. The topological polar surface area (TPSA) is 52.6 Å². The average Bonchev–Trinajstić information content (AvgIpc) is 3.24. The fraction of sp³-hybridized carbons (Fsp3) is 0.625. The molecule has 1 heterocycles. The van der Waals surface area contributed by atoms with Crippen LogP contribution >= 0.6 is 0 Å². The quantitative estimate of drug-likeness (QED) is 0.674. The number of nitrogens with one attached hydrogen (secondary N) is 1. The molecule has 3 rings (SSSR count). The highest BCUT2D eigenvalue weighted by Crippen LogP contribution is 2.41. The van der Waals surface area contributed by atoms with Gasteiger partial charge in [-0.1, -0.05) is 42.7 Å². The lowest BCUT2D eigenvalue weighted by Crippen LogP contribution is -2.54. The number of amides is 1. The van der Waals surface area contributed by atoms with Crippen LogP contribution in [-0.4, -0.2) is 41.6 Å². The minimum Gasteiger partial charge on any atom is -0.375 e. The molecule has 1 atom stereocenters. The molecular formula is C24H35FN2O2. The monoisotopic (exact) mass is 402 g/mol. The van der Waals surface area contributed by atoms with Gasteiger partial charge >= 0.3 is 0 Å². The second kappa shape index (κ2) is 9.86. The largest absolute Gasteiger partial charge is 0.375 e. The maximum Gasteiger partial charge on any atom is 0.257 e. The minimum atomic E-state index is -1.79. The van der Waals surface area contributed by atoms with Crippen molar-refractivity contribution in [3.05, 3.63) is 47.3 Å². The third-order valence-corrected chi connectivity index (χ3v) is 6.50. The van der Waals surface area contributed by atoms with E-state index in [2.05, 4.69) is 30.1 Å². The summed E-state index contributed by atoms with van der Waals surface area (Å²) in [4.78, 5) is 15.7. The van der Waals surface area contributed by atoms with Gasteiger partial charge in [0.2, 0.25) is 0 Å². The molecule has 1 aliphatic heterocycles. The number of carbonyl (C=O) groups excluding carboxylic acids is 1. The zero-order valence-corrected chi connectivity index (χ0v) is 17.8. The molecule has 1 saturated carbocycles. The van der Waals surface area contributed by atoms with Crippen molar-refractivity contribution in [2.75, 3.05) is 19.6 Å². The van der Waals surface area contributed by atoms with E-state index in [-0.39, 0.29) is 17.5 Å². The molecule has 1 aromatic carbocycles. The zero-order chi connectivity index (χ0) is 20.9. The molecule has 1 unspecified atom stereocenters. The first-order valence-electron chi connectivity index (χ1n) is 11.1. The first-order valence-corrected chi connectivity index (χ1v) is 11.1. The zero-order valence-electron chi connectivity index (χ0n) is 17.8. The molecule has 0 radical (unpaired) electrons. The molecule has 0 aromatic heterocycles. The molecule has 29 heavy (non-hydrogen) atoms. The Morgan fingerprint density at radius 2 is 1.86 bits per heavy atom. The number of likely N-dealkylation sites (tertiary alicyclic amines) is 1. The number of piperidine rings is 1. The molecule has 1 aliphatic carbocycles. The van der Waals surface area contributed by atoms with Gasteiger partial charge in [-0.2, -0.15) is 0 Å². The Hall–Kier alpha value is -1.72. The second-order valence-corrected chi connectivity index (χ2v) is 8.89. The molecule has 2 aliphatic rings. The summed E-state index contributed by atoms with van der Waals surface area (Å²) < 4.78 is 14.6. The van der Waals surface area contributed by atoms with E-state index >= 15 is 0 Å². The van der Waals surface area contributed by atoms with Crippen LogP contribution in [0.4, 0.5) is 4.39 Å². The molecule has 2 fully saturated rings. The van der Waals surface area contributed by atoms with E-state index in [1.165, 1.54) is 11.6 Å². The van der Waals surface area contributed by atoms with Gasteiger partial charge < -0.3 is 15.3 Å². The highest BCUT2D eigenvalue weighted by atomic mass is 19.1. The lowest BCUT2D eigenvalue weighted by Gasteiger charge is -2.37. The van der Waals surface area contributed by atoms with Gasteiger partial charge in [0.25, 0.3) is 5.91 Å². The van der Waals surface area contributed by atoms with E-state index in [1.54, 1.807) is 18.2 Å². The predicted octanol–water partition coefficient (Wildman–Crippen LogP) is 4.14. The van der Waals surface area contributed by atoms with Crippen LogP contribution in [-0.2, 0) is 10.4 Å². The van der Waals surface area contributed by atoms with Crippen LogP contribution in [0, 0.1) is 11.7 Å². The molecule has 0 bridgehead atoms. The molecule has 1 aromatic rings. The molecule has 160 valence electrons. The number of aliphatic hydroxyl groups is 1. The molecular weight excluding hydrogens is 367 g/mol. The molecule has 5 heteroatoms. The number of rotatable bonds is 7. The maximum absolute atomic E-state index is 14.6. The second-order valence-electron chi connectivity index (χ2n) is 8.89. The van der Waals surface area contributed by atoms with Crippen molar-refractivity contribution in [2.24, 2.45) is 5.92 Å². The number of nitrogens with zero attached hydrogens (tertiary/aromatic N) is 1. The molecule has 1 saturated heterocycles. The Bertz CT molecular complexity index is 717. The van der Waals surface area contributed by atoms with Gasteiger partial charge in [0.1, 0.15) is 5.82 Å². The third-order valence-electron chi connectivity index (χ3n) is 6.50. The summed E-state index contributed by atoms with van der Waals surface area (Å²) in [7, 11) is 0. The van der Waals surface area contributed by atoms with Crippen LogP contribution in [0.25, 0.3) is 0 Å². The Kier molecular flexibility index (Phi) is 7.47.